The van der Waals surface area contributed by atoms with Gasteiger partial charge in [0.25, 0.3) is 5.91 Å². The van der Waals surface area contributed by atoms with Crippen molar-refractivity contribution in [2.24, 2.45) is 23.7 Å². The van der Waals surface area contributed by atoms with Crippen LogP contribution in [0.5, 0.6) is 5.75 Å². The number of aliphatic hydroxyl groups is 1. The first-order chi connectivity index (χ1) is 21.0. The fourth-order valence-electron chi connectivity index (χ4n) is 7.92. The van der Waals surface area contributed by atoms with Crippen LogP contribution in [0.2, 0.25) is 5.02 Å². The number of sulfonamides is 1. The Kier molecular flexibility index (Phi) is 8.81. The standard InChI is InChI=1S/C35H45ClN2O5S/c1-4-32(39)29-9-5-7-22(2)23(3)44(41,42)37-34(40)25-11-15-33-31(18-25)38(19-26-10-13-28(26)29)20-35(21-43-33)16-6-8-24-17-27(36)12-14-30(24)35/h5,9,11-12,14-15,17-18,22-23,26,28-29,32,39H,4,6-8,10,13,16,19-21H2,1-3H3,(H,37,40)/b9-5+/t22-,23?,26-,28+,29+,32+,35-/m0/s1. The van der Waals surface area contributed by atoms with Gasteiger partial charge in [-0.25, -0.2) is 13.1 Å². The van der Waals surface area contributed by atoms with Crippen molar-refractivity contribution in [1.29, 1.82) is 0 Å². The lowest BCUT2D eigenvalue weighted by Gasteiger charge is -2.47. The first kappa shape index (κ1) is 31.4. The average Bonchev–Trinajstić information content (AvgIpc) is 3.13. The molecule has 2 aromatic carbocycles. The monoisotopic (exact) mass is 640 g/mol. The van der Waals surface area contributed by atoms with Gasteiger partial charge in [-0.15, -0.1) is 0 Å². The largest absolute Gasteiger partial charge is 0.490 e. The minimum Gasteiger partial charge on any atom is -0.490 e. The van der Waals surface area contributed by atoms with E-state index in [1.165, 1.54) is 11.1 Å². The summed E-state index contributed by atoms with van der Waals surface area (Å²) in [6.07, 6.45) is 10.0. The molecule has 1 unspecified atom stereocenters. The van der Waals surface area contributed by atoms with E-state index in [0.29, 0.717) is 49.1 Å². The normalized spacial score (nSPS) is 33.1. The Balaban J connectivity index is 1.44. The van der Waals surface area contributed by atoms with E-state index in [-0.39, 0.29) is 17.3 Å². The van der Waals surface area contributed by atoms with Crippen LogP contribution < -0.4 is 14.4 Å². The van der Waals surface area contributed by atoms with E-state index in [9.17, 15) is 18.3 Å². The number of rotatable bonds is 2. The number of carbonyl (C=O) groups is 1. The molecule has 2 heterocycles. The van der Waals surface area contributed by atoms with Gasteiger partial charge in [0.2, 0.25) is 10.0 Å². The van der Waals surface area contributed by atoms with E-state index >= 15 is 0 Å². The highest BCUT2D eigenvalue weighted by molar-refractivity contribution is 7.90. The summed E-state index contributed by atoms with van der Waals surface area (Å²) < 4.78 is 35.5. The minimum absolute atomic E-state index is 0.00557. The Bertz CT molecular complexity index is 1540. The number of carbonyl (C=O) groups excluding carboxylic acids is 1. The summed E-state index contributed by atoms with van der Waals surface area (Å²) in [5.41, 5.74) is 3.39. The molecule has 2 bridgehead atoms. The lowest BCUT2D eigenvalue weighted by Crippen LogP contribution is -2.49. The summed E-state index contributed by atoms with van der Waals surface area (Å²) in [7, 11) is -3.92. The minimum atomic E-state index is -3.92. The number of ether oxygens (including phenoxy) is 1. The van der Waals surface area contributed by atoms with Gasteiger partial charge in [0.15, 0.2) is 0 Å². The van der Waals surface area contributed by atoms with Crippen LogP contribution in [0, 0.1) is 23.7 Å². The SMILES string of the molecule is CC[C@@H](O)[C@@H]1/C=C/C[C@H](C)C(C)S(=O)(=O)NC(=O)c2ccc3c(c2)N(C[C@@H]2CC[C@H]21)C[C@@]1(CCCc2cc(Cl)ccc21)CO3. The molecule has 238 valence electrons. The van der Waals surface area contributed by atoms with Gasteiger partial charge in [0.05, 0.1) is 23.6 Å². The fourth-order valence-corrected chi connectivity index (χ4v) is 9.40. The van der Waals surface area contributed by atoms with Gasteiger partial charge < -0.3 is 14.7 Å². The second-order valence-corrected chi connectivity index (χ2v) is 16.1. The maximum atomic E-state index is 13.4. The molecule has 1 amide bonds. The van der Waals surface area contributed by atoms with E-state index in [1.807, 2.05) is 32.1 Å². The number of nitrogens with zero attached hydrogens (tertiary/aromatic N) is 1. The summed E-state index contributed by atoms with van der Waals surface area (Å²) >= 11 is 6.42. The fraction of sp³-hybridized carbons (Fsp3) is 0.571. The van der Waals surface area contributed by atoms with E-state index in [4.69, 9.17) is 16.3 Å². The molecule has 0 radical (unpaired) electrons. The molecule has 2 N–H and O–H groups in total. The second kappa shape index (κ2) is 12.3. The number of amides is 1. The molecule has 2 aromatic rings. The van der Waals surface area contributed by atoms with Gasteiger partial charge in [0, 0.05) is 35.0 Å². The number of hydrogen-bond donors (Lipinski definition) is 2. The van der Waals surface area contributed by atoms with Crippen molar-refractivity contribution in [1.82, 2.24) is 4.72 Å². The third kappa shape index (κ3) is 5.90. The lowest BCUT2D eigenvalue weighted by molar-refractivity contribution is 0.0313. The Morgan fingerprint density at radius 1 is 1.18 bits per heavy atom. The van der Waals surface area contributed by atoms with Crippen LogP contribution in [0.3, 0.4) is 0 Å². The van der Waals surface area contributed by atoms with Crippen molar-refractivity contribution >= 4 is 33.2 Å². The van der Waals surface area contributed by atoms with E-state index in [2.05, 4.69) is 27.8 Å². The maximum absolute atomic E-state index is 13.4. The van der Waals surface area contributed by atoms with E-state index in [1.54, 1.807) is 19.1 Å². The van der Waals surface area contributed by atoms with Gasteiger partial charge in [-0.2, -0.15) is 0 Å². The number of fused-ring (bicyclic) bond motifs is 4. The number of aryl methyl sites for hydroxylation is 1. The van der Waals surface area contributed by atoms with Gasteiger partial charge in [-0.05, 0) is 111 Å². The molecular formula is C35H45ClN2O5S. The second-order valence-electron chi connectivity index (χ2n) is 13.7. The molecule has 1 saturated carbocycles. The number of allylic oxidation sites excluding steroid dienone is 1. The lowest BCUT2D eigenvalue weighted by atomic mass is 9.64. The molecule has 9 heteroatoms. The van der Waals surface area contributed by atoms with Crippen LogP contribution >= 0.6 is 11.6 Å². The number of benzene rings is 2. The van der Waals surface area contributed by atoms with Crippen molar-refractivity contribution in [2.45, 2.75) is 82.5 Å². The molecule has 1 fully saturated rings. The highest BCUT2D eigenvalue weighted by Crippen LogP contribution is 2.48. The molecule has 0 saturated heterocycles. The highest BCUT2D eigenvalue weighted by Gasteiger charge is 2.45. The van der Waals surface area contributed by atoms with E-state index in [0.717, 1.165) is 49.4 Å². The van der Waals surface area contributed by atoms with Gasteiger partial charge >= 0.3 is 0 Å². The van der Waals surface area contributed by atoms with Gasteiger partial charge in [0.1, 0.15) is 5.75 Å². The van der Waals surface area contributed by atoms with Crippen LogP contribution in [0.15, 0.2) is 48.6 Å². The number of aliphatic hydroxyl groups excluding tert-OH is 1. The zero-order valence-electron chi connectivity index (χ0n) is 26.0. The number of anilines is 1. The molecule has 6 rings (SSSR count). The molecule has 44 heavy (non-hydrogen) atoms. The predicted molar refractivity (Wildman–Crippen MR) is 175 cm³/mol. The third-order valence-electron chi connectivity index (χ3n) is 11.0. The Morgan fingerprint density at radius 2 is 2.00 bits per heavy atom. The Hall–Kier alpha value is -2.55. The number of halogens is 1. The van der Waals surface area contributed by atoms with Crippen LogP contribution in [-0.2, 0) is 21.9 Å². The molecule has 0 aromatic heterocycles. The summed E-state index contributed by atoms with van der Waals surface area (Å²) in [4.78, 5) is 15.8. The average molecular weight is 641 g/mol. The summed E-state index contributed by atoms with van der Waals surface area (Å²) in [6, 6.07) is 11.5. The molecule has 2 aliphatic carbocycles. The molecular weight excluding hydrogens is 596 g/mol. The zero-order chi connectivity index (χ0) is 31.2. The Morgan fingerprint density at radius 3 is 2.75 bits per heavy atom. The summed E-state index contributed by atoms with van der Waals surface area (Å²) in [6.45, 7) is 7.55. The number of hydrogen-bond acceptors (Lipinski definition) is 6. The first-order valence-corrected chi connectivity index (χ1v) is 18.1. The Labute approximate surface area is 267 Å². The van der Waals surface area contributed by atoms with Crippen molar-refractivity contribution in [3.05, 3.63) is 70.3 Å². The van der Waals surface area contributed by atoms with Crippen molar-refractivity contribution < 1.29 is 23.1 Å². The topological polar surface area (TPSA) is 95.9 Å². The zero-order valence-corrected chi connectivity index (χ0v) is 27.5. The molecule has 1 spiro atoms. The van der Waals surface area contributed by atoms with Crippen LogP contribution in [0.4, 0.5) is 5.69 Å². The predicted octanol–water partition coefficient (Wildman–Crippen LogP) is 6.27. The third-order valence-corrected chi connectivity index (χ3v) is 13.1. The summed E-state index contributed by atoms with van der Waals surface area (Å²) in [5.74, 6) is 0.555. The smallest absolute Gasteiger partial charge is 0.264 e. The first-order valence-electron chi connectivity index (χ1n) is 16.2. The van der Waals surface area contributed by atoms with Crippen molar-refractivity contribution in [3.63, 3.8) is 0 Å². The number of nitrogens with one attached hydrogen (secondary N) is 1. The molecule has 4 aliphatic rings. The van der Waals surface area contributed by atoms with Crippen LogP contribution in [-0.4, -0.2) is 50.5 Å². The summed E-state index contributed by atoms with van der Waals surface area (Å²) in [5, 5.41) is 11.1. The quantitative estimate of drug-likeness (QED) is 0.376. The maximum Gasteiger partial charge on any atom is 0.264 e. The van der Waals surface area contributed by atoms with Crippen molar-refractivity contribution in [3.8, 4) is 5.75 Å². The molecule has 2 aliphatic heterocycles. The van der Waals surface area contributed by atoms with Crippen molar-refractivity contribution in [2.75, 3.05) is 24.6 Å². The van der Waals surface area contributed by atoms with E-state index < -0.39 is 27.3 Å². The molecule has 7 atom stereocenters. The molecule has 7 nitrogen and oxygen atoms in total. The van der Waals surface area contributed by atoms with Gasteiger partial charge in [-0.1, -0.05) is 43.7 Å². The van der Waals surface area contributed by atoms with Crippen LogP contribution in [0.25, 0.3) is 0 Å². The van der Waals surface area contributed by atoms with Gasteiger partial charge in [-0.3, -0.25) is 4.79 Å². The van der Waals surface area contributed by atoms with Crippen LogP contribution in [0.1, 0.15) is 80.8 Å². The highest BCUT2D eigenvalue weighted by atomic mass is 35.5.